The van der Waals surface area contributed by atoms with Crippen molar-refractivity contribution in [2.24, 2.45) is 17.8 Å². The minimum Gasteiger partial charge on any atom is -0.472 e. The van der Waals surface area contributed by atoms with Crippen LogP contribution in [0, 0.1) is 17.8 Å². The zero-order chi connectivity index (χ0) is 35.1. The lowest BCUT2D eigenvalue weighted by atomic mass is 9.88. The van der Waals surface area contributed by atoms with Gasteiger partial charge in [-0.3, -0.25) is 19.1 Å². The molecule has 2 aromatic heterocycles. The average Bonchev–Trinajstić information content (AvgIpc) is 3.79. The first-order valence-electron chi connectivity index (χ1n) is 16.6. The van der Waals surface area contributed by atoms with E-state index in [0.717, 1.165) is 17.0 Å². The van der Waals surface area contributed by atoms with E-state index in [2.05, 4.69) is 25.3 Å². The molecule has 4 aliphatic rings. The molecule has 4 N–H and O–H groups in total. The molecule has 0 unspecified atom stereocenters. The number of aromatic nitrogens is 2. The lowest BCUT2D eigenvalue weighted by Crippen LogP contribution is -2.59. The van der Waals surface area contributed by atoms with E-state index in [9.17, 15) is 32.7 Å². The van der Waals surface area contributed by atoms with Gasteiger partial charge in [0, 0.05) is 41.7 Å². The Balaban J connectivity index is 1.29. The maximum absolute atomic E-state index is 14.2. The number of pyridine rings is 1. The second-order valence-electron chi connectivity index (χ2n) is 14.1. The Bertz CT molecular complexity index is 1730. The first kappa shape index (κ1) is 34.8. The Morgan fingerprint density at radius 3 is 2.59 bits per heavy atom. The number of ether oxygens (including phenoxy) is 1. The molecule has 0 radical (unpaired) electrons. The molecule has 4 heterocycles. The Hall–Kier alpha value is -4.05. The number of thiazole rings is 1. The number of sulfonamides is 1. The number of rotatable bonds is 7. The maximum atomic E-state index is 14.2. The van der Waals surface area contributed by atoms with Crippen molar-refractivity contribution < 1.29 is 37.4 Å². The van der Waals surface area contributed by atoms with Gasteiger partial charge in [-0.2, -0.15) is 0 Å². The highest BCUT2D eigenvalue weighted by molar-refractivity contribution is 7.91. The topological polar surface area (TPSA) is 197 Å². The molecule has 264 valence electrons. The highest BCUT2D eigenvalue weighted by atomic mass is 32.2. The summed E-state index contributed by atoms with van der Waals surface area (Å²) in [5.74, 6) is -2.48. The van der Waals surface area contributed by atoms with Crippen LogP contribution in [0.1, 0.15) is 65.7 Å². The molecule has 4 amide bonds. The largest absolute Gasteiger partial charge is 0.472 e. The molecular formula is C33H42N6O8S2. The second kappa shape index (κ2) is 13.3. The van der Waals surface area contributed by atoms with E-state index in [4.69, 9.17) is 4.74 Å². The number of carbonyl (C=O) groups excluding carboxylic acids is 3. The molecule has 0 spiro atoms. The molecule has 2 aliphatic carbocycles. The first-order chi connectivity index (χ1) is 23.2. The zero-order valence-corrected chi connectivity index (χ0v) is 29.3. The van der Waals surface area contributed by atoms with Gasteiger partial charge in [-0.25, -0.2) is 23.2 Å². The molecule has 6 rings (SSSR count). The number of allylic oxidation sites excluding steroid dienone is 1. The van der Waals surface area contributed by atoms with Crippen LogP contribution in [-0.4, -0.2) is 87.2 Å². The smallest absolute Gasteiger partial charge is 0.405 e. The fourth-order valence-corrected chi connectivity index (χ4v) is 8.78. The predicted octanol–water partition coefficient (Wildman–Crippen LogP) is 3.08. The molecule has 0 aromatic carbocycles. The van der Waals surface area contributed by atoms with E-state index in [1.54, 1.807) is 25.4 Å². The van der Waals surface area contributed by atoms with Crippen LogP contribution in [0.5, 0.6) is 5.88 Å². The van der Waals surface area contributed by atoms with Crippen LogP contribution >= 0.6 is 11.3 Å². The Kier molecular flexibility index (Phi) is 9.48. The van der Waals surface area contributed by atoms with Crippen molar-refractivity contribution in [2.75, 3.05) is 6.54 Å². The van der Waals surface area contributed by atoms with Crippen molar-refractivity contribution in [3.05, 3.63) is 42.1 Å². The average molecular weight is 715 g/mol. The lowest BCUT2D eigenvalue weighted by molar-refractivity contribution is -0.142. The summed E-state index contributed by atoms with van der Waals surface area (Å²) in [5, 5.41) is 17.6. The SMILES string of the molecule is C[C@@H]1CC/C=C\[C@@H]2C[C@@]2(C(=O)NS(=O)(=O)C2(C)CC2)NC(=O)[C@@H]2C[C@@H](Oc3ccc(-c4nccs4)cn3)CN2C(=O)[C@@H](NC(=O)O)[C@H](C)C1. The summed E-state index contributed by atoms with van der Waals surface area (Å²) in [7, 11) is -3.98. The Labute approximate surface area is 289 Å². The van der Waals surface area contributed by atoms with Gasteiger partial charge in [0.2, 0.25) is 27.7 Å². The van der Waals surface area contributed by atoms with Gasteiger partial charge in [-0.05, 0) is 63.4 Å². The zero-order valence-electron chi connectivity index (χ0n) is 27.6. The van der Waals surface area contributed by atoms with Gasteiger partial charge in [0.25, 0.3) is 5.91 Å². The van der Waals surface area contributed by atoms with E-state index in [-0.39, 0.29) is 31.2 Å². The van der Waals surface area contributed by atoms with Crippen LogP contribution in [0.25, 0.3) is 10.6 Å². The fraction of sp³-hybridized carbons (Fsp3) is 0.576. The summed E-state index contributed by atoms with van der Waals surface area (Å²) in [6.45, 7) is 5.38. The van der Waals surface area contributed by atoms with Crippen LogP contribution in [0.3, 0.4) is 0 Å². The molecule has 14 nitrogen and oxygen atoms in total. The van der Waals surface area contributed by atoms with E-state index in [0.29, 0.717) is 25.7 Å². The third kappa shape index (κ3) is 7.30. The molecule has 49 heavy (non-hydrogen) atoms. The number of carboxylic acid groups (broad SMARTS) is 1. The quantitative estimate of drug-likeness (QED) is 0.310. The van der Waals surface area contributed by atoms with Gasteiger partial charge < -0.3 is 25.4 Å². The number of nitrogens with zero attached hydrogens (tertiary/aromatic N) is 3. The molecule has 0 bridgehead atoms. The van der Waals surface area contributed by atoms with Crippen molar-refractivity contribution in [1.29, 1.82) is 0 Å². The highest BCUT2D eigenvalue weighted by Crippen LogP contribution is 2.47. The molecule has 2 aliphatic heterocycles. The maximum Gasteiger partial charge on any atom is 0.405 e. The summed E-state index contributed by atoms with van der Waals surface area (Å²) in [6.07, 6.45) is 8.09. The number of nitrogens with one attached hydrogen (secondary N) is 3. The molecule has 2 saturated carbocycles. The van der Waals surface area contributed by atoms with Gasteiger partial charge in [-0.1, -0.05) is 26.0 Å². The normalized spacial score (nSPS) is 31.9. The molecule has 16 heteroatoms. The monoisotopic (exact) mass is 714 g/mol. The van der Waals surface area contributed by atoms with Crippen LogP contribution in [-0.2, 0) is 24.4 Å². The third-order valence-electron chi connectivity index (χ3n) is 10.2. The van der Waals surface area contributed by atoms with Gasteiger partial charge >= 0.3 is 6.09 Å². The van der Waals surface area contributed by atoms with E-state index in [1.165, 1.54) is 16.2 Å². The fourth-order valence-electron chi connectivity index (χ4n) is 6.84. The summed E-state index contributed by atoms with van der Waals surface area (Å²) in [5.41, 5.74) is -0.721. The molecule has 2 aromatic rings. The van der Waals surface area contributed by atoms with Crippen molar-refractivity contribution in [3.63, 3.8) is 0 Å². The standard InChI is InChI=1S/C33H42N6O8S2/c1-19-6-4-5-7-22-16-33(22,30(42)38-49(45,46)32(3)10-11-32)37-27(40)24-15-23(18-39(24)29(41)26(20(2)14-19)36-31(43)44)47-25-9-8-21(17-35-25)28-34-12-13-48-28/h5,7-9,12-13,17,19-20,22-24,26,36H,4,6,10-11,14-16,18H2,1-3H3,(H,37,40)(H,38,42)(H,43,44)/b7-5-/t19-,20-,22-,23-,24+,26+,33-/m1/s1. The summed E-state index contributed by atoms with van der Waals surface area (Å²) in [4.78, 5) is 64.0. The van der Waals surface area contributed by atoms with E-state index in [1.807, 2.05) is 37.4 Å². The van der Waals surface area contributed by atoms with Crippen LogP contribution in [0.4, 0.5) is 4.79 Å². The number of hydrogen-bond donors (Lipinski definition) is 4. The molecule has 3 fully saturated rings. The van der Waals surface area contributed by atoms with Gasteiger partial charge in [0.15, 0.2) is 0 Å². The number of fused-ring (bicyclic) bond motifs is 2. The minimum absolute atomic E-state index is 0.0344. The number of hydrogen-bond acceptors (Lipinski definition) is 10. The van der Waals surface area contributed by atoms with Crippen LogP contribution < -0.4 is 20.1 Å². The van der Waals surface area contributed by atoms with Crippen molar-refractivity contribution in [1.82, 2.24) is 30.2 Å². The predicted molar refractivity (Wildman–Crippen MR) is 180 cm³/mol. The van der Waals surface area contributed by atoms with Crippen molar-refractivity contribution >= 4 is 45.2 Å². The third-order valence-corrected chi connectivity index (χ3v) is 13.2. The first-order valence-corrected chi connectivity index (χ1v) is 19.0. The number of carbonyl (C=O) groups is 4. The van der Waals surface area contributed by atoms with Crippen molar-refractivity contribution in [3.8, 4) is 16.5 Å². The second-order valence-corrected chi connectivity index (χ2v) is 17.2. The Morgan fingerprint density at radius 1 is 1.16 bits per heavy atom. The summed E-state index contributed by atoms with van der Waals surface area (Å²) >= 11 is 1.47. The van der Waals surface area contributed by atoms with Gasteiger partial charge in [0.1, 0.15) is 28.7 Å². The molecule has 7 atom stereocenters. The molecular weight excluding hydrogens is 673 g/mol. The Morgan fingerprint density at radius 2 is 1.94 bits per heavy atom. The lowest BCUT2D eigenvalue weighted by Gasteiger charge is -2.32. The van der Waals surface area contributed by atoms with Crippen molar-refractivity contribution in [2.45, 2.75) is 94.2 Å². The summed E-state index contributed by atoms with van der Waals surface area (Å²) < 4.78 is 33.4. The summed E-state index contributed by atoms with van der Waals surface area (Å²) in [6, 6.07) is 1.21. The number of amides is 4. The van der Waals surface area contributed by atoms with Crippen LogP contribution in [0.15, 0.2) is 42.1 Å². The van der Waals surface area contributed by atoms with Gasteiger partial charge in [-0.15, -0.1) is 11.3 Å². The van der Waals surface area contributed by atoms with Crippen LogP contribution in [0.2, 0.25) is 0 Å². The highest BCUT2D eigenvalue weighted by Gasteiger charge is 2.63. The minimum atomic E-state index is -3.98. The molecule has 1 saturated heterocycles. The van der Waals surface area contributed by atoms with Gasteiger partial charge in [0.05, 0.1) is 11.3 Å². The van der Waals surface area contributed by atoms with E-state index < -0.39 is 74.1 Å². The van der Waals surface area contributed by atoms with E-state index >= 15 is 0 Å².